The molecule has 2 unspecified atom stereocenters. The molecule has 0 bridgehead atoms. The fraction of sp³-hybridized carbons (Fsp3) is 0.462. The van der Waals surface area contributed by atoms with E-state index < -0.39 is 23.7 Å². The van der Waals surface area contributed by atoms with Crippen LogP contribution in [0.2, 0.25) is 0 Å². The van der Waals surface area contributed by atoms with Crippen molar-refractivity contribution in [3.8, 4) is 0 Å². The Labute approximate surface area is 122 Å². The van der Waals surface area contributed by atoms with E-state index in [1.807, 2.05) is 0 Å². The van der Waals surface area contributed by atoms with E-state index in [1.165, 1.54) is 12.1 Å². The standard InChI is InChI=1S/C13H16F2N2O2.ClH/c1-8(10-3-2-9(14)6-11(10)15)17-13(18)12-7-19-5-4-16-12;/h2-3,6,8,12,16H,4-5,7H2,1H3,(H,17,18);1H. The summed E-state index contributed by atoms with van der Waals surface area (Å²) >= 11 is 0. The molecule has 1 aromatic carbocycles. The van der Waals surface area contributed by atoms with Gasteiger partial charge in [0.15, 0.2) is 0 Å². The smallest absolute Gasteiger partial charge is 0.240 e. The fourth-order valence-corrected chi connectivity index (χ4v) is 1.98. The van der Waals surface area contributed by atoms with E-state index in [4.69, 9.17) is 4.74 Å². The Bertz CT molecular complexity index is 468. The van der Waals surface area contributed by atoms with Crippen LogP contribution in [0, 0.1) is 11.6 Å². The summed E-state index contributed by atoms with van der Waals surface area (Å²) in [6.45, 7) is 3.13. The molecule has 4 nitrogen and oxygen atoms in total. The first kappa shape index (κ1) is 16.8. The van der Waals surface area contributed by atoms with Crippen molar-refractivity contribution in [1.29, 1.82) is 0 Å². The number of benzene rings is 1. The third-order valence-electron chi connectivity index (χ3n) is 3.03. The molecule has 0 saturated carbocycles. The van der Waals surface area contributed by atoms with Crippen molar-refractivity contribution in [2.45, 2.75) is 19.0 Å². The zero-order chi connectivity index (χ0) is 13.8. The third kappa shape index (κ3) is 4.13. The maximum atomic E-state index is 13.6. The molecule has 1 aromatic rings. The van der Waals surface area contributed by atoms with Crippen molar-refractivity contribution >= 4 is 18.3 Å². The Balaban J connectivity index is 0.00000200. The Morgan fingerprint density at radius 2 is 2.25 bits per heavy atom. The van der Waals surface area contributed by atoms with E-state index in [0.717, 1.165) is 6.07 Å². The highest BCUT2D eigenvalue weighted by Crippen LogP contribution is 2.17. The number of carbonyl (C=O) groups is 1. The molecule has 1 aliphatic rings. The number of amides is 1. The molecular weight excluding hydrogens is 290 g/mol. The lowest BCUT2D eigenvalue weighted by Crippen LogP contribution is -2.51. The lowest BCUT2D eigenvalue weighted by atomic mass is 10.1. The molecular formula is C13H17ClF2N2O2. The summed E-state index contributed by atoms with van der Waals surface area (Å²) in [6, 6.07) is 2.35. The normalized spacial score (nSPS) is 19.9. The van der Waals surface area contributed by atoms with Gasteiger partial charge in [0, 0.05) is 18.2 Å². The van der Waals surface area contributed by atoms with Crippen molar-refractivity contribution in [2.24, 2.45) is 0 Å². The summed E-state index contributed by atoms with van der Waals surface area (Å²) in [5.41, 5.74) is 0.256. The SMILES string of the molecule is CC(NC(=O)C1COCCN1)c1ccc(F)cc1F.Cl. The number of nitrogens with one attached hydrogen (secondary N) is 2. The molecule has 0 aromatic heterocycles. The van der Waals surface area contributed by atoms with Crippen molar-refractivity contribution in [2.75, 3.05) is 19.8 Å². The van der Waals surface area contributed by atoms with Crippen LogP contribution in [0.1, 0.15) is 18.5 Å². The van der Waals surface area contributed by atoms with E-state index in [9.17, 15) is 13.6 Å². The summed E-state index contributed by atoms with van der Waals surface area (Å²) in [7, 11) is 0. The molecule has 7 heteroatoms. The molecule has 2 N–H and O–H groups in total. The quantitative estimate of drug-likeness (QED) is 0.891. The van der Waals surface area contributed by atoms with Gasteiger partial charge in [-0.05, 0) is 13.0 Å². The van der Waals surface area contributed by atoms with Gasteiger partial charge in [-0.25, -0.2) is 8.78 Å². The monoisotopic (exact) mass is 306 g/mol. The van der Waals surface area contributed by atoms with Gasteiger partial charge >= 0.3 is 0 Å². The Hall–Kier alpha value is -1.24. The molecule has 2 atom stereocenters. The van der Waals surface area contributed by atoms with Gasteiger partial charge in [0.2, 0.25) is 5.91 Å². The Morgan fingerprint density at radius 1 is 1.50 bits per heavy atom. The van der Waals surface area contributed by atoms with Gasteiger partial charge in [-0.3, -0.25) is 4.79 Å². The van der Waals surface area contributed by atoms with Gasteiger partial charge in [-0.15, -0.1) is 12.4 Å². The molecule has 1 amide bonds. The van der Waals surface area contributed by atoms with E-state index in [2.05, 4.69) is 10.6 Å². The van der Waals surface area contributed by atoms with E-state index in [-0.39, 0.29) is 23.9 Å². The third-order valence-corrected chi connectivity index (χ3v) is 3.03. The minimum absolute atomic E-state index is 0. The molecule has 0 spiro atoms. The first-order valence-corrected chi connectivity index (χ1v) is 6.14. The van der Waals surface area contributed by atoms with Crippen LogP contribution in [0.5, 0.6) is 0 Å². The van der Waals surface area contributed by atoms with Crippen LogP contribution in [0.25, 0.3) is 0 Å². The van der Waals surface area contributed by atoms with Crippen LogP contribution in [0.4, 0.5) is 8.78 Å². The zero-order valence-corrected chi connectivity index (χ0v) is 11.8. The maximum absolute atomic E-state index is 13.6. The van der Waals surface area contributed by atoms with Crippen molar-refractivity contribution < 1.29 is 18.3 Å². The molecule has 1 aliphatic heterocycles. The zero-order valence-electron chi connectivity index (χ0n) is 11.0. The highest BCUT2D eigenvalue weighted by molar-refractivity contribution is 5.85. The van der Waals surface area contributed by atoms with Gasteiger partial charge in [0.1, 0.15) is 17.7 Å². The number of halogens is 3. The van der Waals surface area contributed by atoms with Crippen LogP contribution in [0.15, 0.2) is 18.2 Å². The van der Waals surface area contributed by atoms with E-state index >= 15 is 0 Å². The average molecular weight is 307 g/mol. The highest BCUT2D eigenvalue weighted by atomic mass is 35.5. The van der Waals surface area contributed by atoms with Crippen molar-refractivity contribution in [3.05, 3.63) is 35.4 Å². The summed E-state index contributed by atoms with van der Waals surface area (Å²) in [5, 5.41) is 5.69. The minimum Gasteiger partial charge on any atom is -0.378 e. The second-order valence-electron chi connectivity index (χ2n) is 4.48. The summed E-state index contributed by atoms with van der Waals surface area (Å²) in [6.07, 6.45) is 0. The Kier molecular flexibility index (Phi) is 6.32. The fourth-order valence-electron chi connectivity index (χ4n) is 1.98. The molecule has 1 fully saturated rings. The maximum Gasteiger partial charge on any atom is 0.240 e. The van der Waals surface area contributed by atoms with Crippen LogP contribution < -0.4 is 10.6 Å². The Morgan fingerprint density at radius 3 is 2.85 bits per heavy atom. The number of rotatable bonds is 3. The summed E-state index contributed by atoms with van der Waals surface area (Å²) < 4.78 is 31.6. The largest absolute Gasteiger partial charge is 0.378 e. The van der Waals surface area contributed by atoms with Gasteiger partial charge in [0.25, 0.3) is 0 Å². The summed E-state index contributed by atoms with van der Waals surface area (Å²) in [4.78, 5) is 11.9. The second-order valence-corrected chi connectivity index (χ2v) is 4.48. The van der Waals surface area contributed by atoms with Gasteiger partial charge in [-0.2, -0.15) is 0 Å². The van der Waals surface area contributed by atoms with Gasteiger partial charge < -0.3 is 15.4 Å². The van der Waals surface area contributed by atoms with Crippen molar-refractivity contribution in [3.63, 3.8) is 0 Å². The topological polar surface area (TPSA) is 50.4 Å². The predicted octanol–water partition coefficient (Wildman–Crippen LogP) is 1.55. The highest BCUT2D eigenvalue weighted by Gasteiger charge is 2.23. The van der Waals surface area contributed by atoms with E-state index in [1.54, 1.807) is 6.92 Å². The lowest BCUT2D eigenvalue weighted by molar-refractivity contribution is -0.126. The lowest BCUT2D eigenvalue weighted by Gasteiger charge is -2.25. The van der Waals surface area contributed by atoms with Crippen molar-refractivity contribution in [1.82, 2.24) is 10.6 Å². The minimum atomic E-state index is -0.666. The first-order valence-electron chi connectivity index (χ1n) is 6.14. The molecule has 112 valence electrons. The van der Waals surface area contributed by atoms with Crippen LogP contribution in [-0.2, 0) is 9.53 Å². The molecule has 2 rings (SSSR count). The van der Waals surface area contributed by atoms with Crippen LogP contribution in [0.3, 0.4) is 0 Å². The van der Waals surface area contributed by atoms with Gasteiger partial charge in [0.05, 0.1) is 19.3 Å². The summed E-state index contributed by atoms with van der Waals surface area (Å²) in [5.74, 6) is -1.56. The van der Waals surface area contributed by atoms with Crippen LogP contribution in [-0.4, -0.2) is 31.7 Å². The molecule has 0 aliphatic carbocycles. The first-order chi connectivity index (χ1) is 9.08. The molecule has 20 heavy (non-hydrogen) atoms. The predicted molar refractivity (Wildman–Crippen MR) is 72.8 cm³/mol. The molecule has 0 radical (unpaired) electrons. The average Bonchev–Trinajstić information content (AvgIpc) is 2.39. The number of carbonyl (C=O) groups excluding carboxylic acids is 1. The van der Waals surface area contributed by atoms with E-state index in [0.29, 0.717) is 19.8 Å². The number of morpholine rings is 1. The second kappa shape index (κ2) is 7.52. The molecule has 1 saturated heterocycles. The van der Waals surface area contributed by atoms with Crippen LogP contribution >= 0.6 is 12.4 Å². The number of hydrogen-bond donors (Lipinski definition) is 2. The number of ether oxygens (including phenoxy) is 1. The molecule has 1 heterocycles. The number of hydrogen-bond acceptors (Lipinski definition) is 3. The van der Waals surface area contributed by atoms with Gasteiger partial charge in [-0.1, -0.05) is 6.07 Å².